The molecule has 0 saturated heterocycles. The quantitative estimate of drug-likeness (QED) is 0.566. The number of rotatable bonds is 6. The standard InChI is InChI=1S/C21H23F3N4O2/c1-3-16(19(29)13-8-10-14(11-9-13)21(22,23)24)26-20(30)25-12-17-15-6-4-5-7-18(15)28(2)27-17/h4-11,16,19,29H,3,12H2,1-2H3,(H2,25,26,30). The Balaban J connectivity index is 1.62. The third kappa shape index (κ3) is 4.73. The summed E-state index contributed by atoms with van der Waals surface area (Å²) in [6, 6.07) is 10.7. The molecule has 0 saturated carbocycles. The fraction of sp³-hybridized carbons (Fsp3) is 0.333. The van der Waals surface area contributed by atoms with E-state index in [0.717, 1.165) is 23.0 Å². The molecule has 30 heavy (non-hydrogen) atoms. The molecule has 9 heteroatoms. The van der Waals surface area contributed by atoms with Crippen LogP contribution in [-0.4, -0.2) is 27.0 Å². The molecule has 0 aliphatic rings. The van der Waals surface area contributed by atoms with Crippen LogP contribution in [0, 0.1) is 0 Å². The van der Waals surface area contributed by atoms with Gasteiger partial charge in [-0.1, -0.05) is 37.3 Å². The number of fused-ring (bicyclic) bond motifs is 1. The Labute approximate surface area is 171 Å². The van der Waals surface area contributed by atoms with Gasteiger partial charge in [0.15, 0.2) is 0 Å². The van der Waals surface area contributed by atoms with Gasteiger partial charge in [-0.2, -0.15) is 18.3 Å². The number of hydrogen-bond donors (Lipinski definition) is 3. The topological polar surface area (TPSA) is 79.2 Å². The maximum Gasteiger partial charge on any atom is 0.416 e. The second-order valence-corrected chi connectivity index (χ2v) is 6.99. The Morgan fingerprint density at radius 3 is 2.47 bits per heavy atom. The lowest BCUT2D eigenvalue weighted by Gasteiger charge is -2.23. The molecule has 0 bridgehead atoms. The van der Waals surface area contributed by atoms with E-state index in [0.29, 0.717) is 17.7 Å². The summed E-state index contributed by atoms with van der Waals surface area (Å²) in [7, 11) is 1.82. The minimum atomic E-state index is -4.44. The molecule has 0 spiro atoms. The van der Waals surface area contributed by atoms with E-state index in [4.69, 9.17) is 0 Å². The first-order valence-corrected chi connectivity index (χ1v) is 9.51. The summed E-state index contributed by atoms with van der Waals surface area (Å²) in [6.07, 6.45) is -5.19. The number of alkyl halides is 3. The highest BCUT2D eigenvalue weighted by Gasteiger charge is 2.30. The first-order chi connectivity index (χ1) is 14.2. The number of carbonyl (C=O) groups excluding carboxylic acids is 1. The van der Waals surface area contributed by atoms with E-state index < -0.39 is 29.9 Å². The molecule has 1 heterocycles. The van der Waals surface area contributed by atoms with Gasteiger partial charge in [0.2, 0.25) is 0 Å². The van der Waals surface area contributed by atoms with Gasteiger partial charge in [-0.05, 0) is 30.2 Å². The number of carbonyl (C=O) groups is 1. The molecule has 2 aromatic carbocycles. The predicted molar refractivity (Wildman–Crippen MR) is 107 cm³/mol. The van der Waals surface area contributed by atoms with Crippen LogP contribution < -0.4 is 10.6 Å². The van der Waals surface area contributed by atoms with Crippen molar-refractivity contribution < 1.29 is 23.1 Å². The normalized spacial score (nSPS) is 13.8. The average Bonchev–Trinajstić information content (AvgIpc) is 3.05. The van der Waals surface area contributed by atoms with Crippen molar-refractivity contribution in [2.24, 2.45) is 7.05 Å². The van der Waals surface area contributed by atoms with Crippen molar-refractivity contribution in [1.82, 2.24) is 20.4 Å². The smallest absolute Gasteiger partial charge is 0.386 e. The van der Waals surface area contributed by atoms with Gasteiger partial charge < -0.3 is 15.7 Å². The van der Waals surface area contributed by atoms with Gasteiger partial charge in [-0.15, -0.1) is 0 Å². The van der Waals surface area contributed by atoms with Crippen molar-refractivity contribution in [2.45, 2.75) is 38.2 Å². The van der Waals surface area contributed by atoms with Crippen molar-refractivity contribution in [1.29, 1.82) is 0 Å². The number of aryl methyl sites for hydroxylation is 1. The fourth-order valence-electron chi connectivity index (χ4n) is 3.31. The van der Waals surface area contributed by atoms with E-state index >= 15 is 0 Å². The number of aliphatic hydroxyl groups is 1. The van der Waals surface area contributed by atoms with Crippen molar-refractivity contribution in [3.8, 4) is 0 Å². The molecule has 3 aromatic rings. The summed E-state index contributed by atoms with van der Waals surface area (Å²) in [5, 5.41) is 21.2. The molecular formula is C21H23F3N4O2. The van der Waals surface area contributed by atoms with Crippen LogP contribution in [0.2, 0.25) is 0 Å². The summed E-state index contributed by atoms with van der Waals surface area (Å²) < 4.78 is 39.9. The molecule has 0 radical (unpaired) electrons. The van der Waals surface area contributed by atoms with Gasteiger partial charge in [0.05, 0.1) is 35.5 Å². The van der Waals surface area contributed by atoms with Crippen LogP contribution in [0.4, 0.5) is 18.0 Å². The molecule has 2 atom stereocenters. The molecule has 3 rings (SSSR count). The highest BCUT2D eigenvalue weighted by atomic mass is 19.4. The zero-order chi connectivity index (χ0) is 21.9. The predicted octanol–water partition coefficient (Wildman–Crippen LogP) is 3.90. The molecule has 2 amide bonds. The van der Waals surface area contributed by atoms with Gasteiger partial charge >= 0.3 is 12.2 Å². The average molecular weight is 420 g/mol. The number of nitrogens with zero attached hydrogens (tertiary/aromatic N) is 2. The summed E-state index contributed by atoms with van der Waals surface area (Å²) in [6.45, 7) is 1.96. The Morgan fingerprint density at radius 1 is 1.17 bits per heavy atom. The maximum atomic E-state index is 12.7. The lowest BCUT2D eigenvalue weighted by molar-refractivity contribution is -0.137. The summed E-state index contributed by atoms with van der Waals surface area (Å²) in [5.41, 5.74) is 1.16. The number of benzene rings is 2. The summed E-state index contributed by atoms with van der Waals surface area (Å²) in [5.74, 6) is 0. The SMILES string of the molecule is CCC(NC(=O)NCc1nn(C)c2ccccc12)C(O)c1ccc(C(F)(F)F)cc1. The lowest BCUT2D eigenvalue weighted by Crippen LogP contribution is -2.44. The van der Waals surface area contributed by atoms with E-state index in [-0.39, 0.29) is 6.54 Å². The number of para-hydroxylation sites is 1. The molecule has 160 valence electrons. The minimum Gasteiger partial charge on any atom is -0.386 e. The second kappa shape index (κ2) is 8.74. The van der Waals surface area contributed by atoms with E-state index in [1.165, 1.54) is 12.1 Å². The number of amides is 2. The van der Waals surface area contributed by atoms with Crippen LogP contribution in [0.3, 0.4) is 0 Å². The van der Waals surface area contributed by atoms with Crippen LogP contribution >= 0.6 is 0 Å². The number of urea groups is 1. The van der Waals surface area contributed by atoms with E-state index in [1.54, 1.807) is 11.6 Å². The van der Waals surface area contributed by atoms with Crippen molar-refractivity contribution in [3.05, 3.63) is 65.4 Å². The van der Waals surface area contributed by atoms with Crippen LogP contribution in [0.25, 0.3) is 10.9 Å². The van der Waals surface area contributed by atoms with Gasteiger partial charge in [-0.25, -0.2) is 4.79 Å². The van der Waals surface area contributed by atoms with E-state index in [2.05, 4.69) is 15.7 Å². The highest BCUT2D eigenvalue weighted by Crippen LogP contribution is 2.30. The maximum absolute atomic E-state index is 12.7. The monoisotopic (exact) mass is 420 g/mol. The highest BCUT2D eigenvalue weighted by molar-refractivity contribution is 5.82. The van der Waals surface area contributed by atoms with Crippen molar-refractivity contribution in [2.75, 3.05) is 0 Å². The molecule has 0 fully saturated rings. The molecular weight excluding hydrogens is 397 g/mol. The van der Waals surface area contributed by atoms with Crippen molar-refractivity contribution >= 4 is 16.9 Å². The van der Waals surface area contributed by atoms with Gasteiger partial charge in [0, 0.05) is 12.4 Å². The Kier molecular flexibility index (Phi) is 6.31. The first kappa shape index (κ1) is 21.6. The molecule has 3 N–H and O–H groups in total. The summed E-state index contributed by atoms with van der Waals surface area (Å²) in [4.78, 5) is 12.3. The third-order valence-electron chi connectivity index (χ3n) is 4.97. The Bertz CT molecular complexity index is 1020. The van der Waals surface area contributed by atoms with E-state index in [9.17, 15) is 23.1 Å². The fourth-order valence-corrected chi connectivity index (χ4v) is 3.31. The number of halogens is 3. The zero-order valence-electron chi connectivity index (χ0n) is 16.6. The van der Waals surface area contributed by atoms with Gasteiger partial charge in [-0.3, -0.25) is 4.68 Å². The molecule has 6 nitrogen and oxygen atoms in total. The van der Waals surface area contributed by atoms with Gasteiger partial charge in [0.1, 0.15) is 0 Å². The van der Waals surface area contributed by atoms with Gasteiger partial charge in [0.25, 0.3) is 0 Å². The zero-order valence-corrected chi connectivity index (χ0v) is 16.6. The third-order valence-corrected chi connectivity index (χ3v) is 4.97. The lowest BCUT2D eigenvalue weighted by atomic mass is 9.99. The Morgan fingerprint density at radius 2 is 1.83 bits per heavy atom. The number of aliphatic hydroxyl groups excluding tert-OH is 1. The van der Waals surface area contributed by atoms with Crippen LogP contribution in [0.5, 0.6) is 0 Å². The number of aromatic nitrogens is 2. The van der Waals surface area contributed by atoms with Crippen LogP contribution in [0.1, 0.15) is 36.3 Å². The van der Waals surface area contributed by atoms with Crippen LogP contribution in [-0.2, 0) is 19.8 Å². The first-order valence-electron chi connectivity index (χ1n) is 9.51. The molecule has 1 aromatic heterocycles. The largest absolute Gasteiger partial charge is 0.416 e. The summed E-state index contributed by atoms with van der Waals surface area (Å²) >= 11 is 0. The molecule has 0 aliphatic carbocycles. The van der Waals surface area contributed by atoms with Crippen molar-refractivity contribution in [3.63, 3.8) is 0 Å². The van der Waals surface area contributed by atoms with Crippen LogP contribution in [0.15, 0.2) is 48.5 Å². The molecule has 0 aliphatic heterocycles. The Hall–Kier alpha value is -3.07. The minimum absolute atomic E-state index is 0.194. The molecule has 2 unspecified atom stereocenters. The second-order valence-electron chi connectivity index (χ2n) is 6.99. The van der Waals surface area contributed by atoms with E-state index in [1.807, 2.05) is 31.3 Å². The number of nitrogens with one attached hydrogen (secondary N) is 2. The number of hydrogen-bond acceptors (Lipinski definition) is 3.